The molecule has 0 aliphatic rings. The quantitative estimate of drug-likeness (QED) is 0.770. The van der Waals surface area contributed by atoms with Crippen LogP contribution in [-0.4, -0.2) is 11.7 Å². The van der Waals surface area contributed by atoms with Gasteiger partial charge < -0.3 is 5.11 Å². The van der Waals surface area contributed by atoms with E-state index in [9.17, 15) is 0 Å². The Hall–Kier alpha value is -0.240. The third-order valence-corrected chi connectivity index (χ3v) is 2.23. The Morgan fingerprint density at radius 3 is 2.15 bits per heavy atom. The fourth-order valence-corrected chi connectivity index (χ4v) is 1.77. The van der Waals surface area contributed by atoms with E-state index in [-0.39, 0.29) is 6.61 Å². The lowest BCUT2D eigenvalue weighted by Crippen LogP contribution is -1.88. The van der Waals surface area contributed by atoms with Gasteiger partial charge in [-0.2, -0.15) is 0 Å². The Bertz CT molecular complexity index is 253. The van der Waals surface area contributed by atoms with Gasteiger partial charge in [0.1, 0.15) is 0 Å². The van der Waals surface area contributed by atoms with Gasteiger partial charge >= 0.3 is 0 Å². The molecule has 0 aliphatic heterocycles. The highest BCUT2D eigenvalue weighted by Crippen LogP contribution is 2.20. The molecule has 1 rings (SSSR count). The Morgan fingerprint density at radius 2 is 1.62 bits per heavy atom. The molecule has 72 valence electrons. The van der Waals surface area contributed by atoms with Crippen molar-refractivity contribution >= 4 is 23.2 Å². The summed E-state index contributed by atoms with van der Waals surface area (Å²) >= 11 is 11.7. The fourth-order valence-electron chi connectivity index (χ4n) is 1.20. The molecule has 0 aromatic heterocycles. The minimum absolute atomic E-state index is 0.244. The maximum absolute atomic E-state index is 8.60. The molecule has 0 heterocycles. The summed E-state index contributed by atoms with van der Waals surface area (Å²) in [6.45, 7) is 0.244. The molecule has 0 saturated heterocycles. The molecule has 0 unspecified atom stereocenters. The van der Waals surface area contributed by atoms with Crippen LogP contribution >= 0.6 is 23.2 Å². The molecule has 0 radical (unpaired) electrons. The van der Waals surface area contributed by atoms with Crippen LogP contribution in [0.25, 0.3) is 0 Å². The first-order chi connectivity index (χ1) is 6.22. The summed E-state index contributed by atoms with van der Waals surface area (Å²) in [5.74, 6) is 0. The predicted molar refractivity (Wildman–Crippen MR) is 56.5 cm³/mol. The summed E-state index contributed by atoms with van der Waals surface area (Å²) in [6.07, 6.45) is 2.71. The van der Waals surface area contributed by atoms with Gasteiger partial charge in [0, 0.05) is 16.7 Å². The van der Waals surface area contributed by atoms with E-state index in [1.165, 1.54) is 0 Å². The summed E-state index contributed by atoms with van der Waals surface area (Å²) in [6, 6.07) is 5.54. The molecule has 1 N–H and O–H groups in total. The van der Waals surface area contributed by atoms with Crippen LogP contribution in [0.2, 0.25) is 10.0 Å². The number of hydrogen-bond acceptors (Lipinski definition) is 1. The van der Waals surface area contributed by atoms with Crippen LogP contribution in [0, 0.1) is 0 Å². The van der Waals surface area contributed by atoms with Crippen LogP contribution in [0.1, 0.15) is 18.4 Å². The van der Waals surface area contributed by atoms with Gasteiger partial charge in [0.05, 0.1) is 0 Å². The molecule has 0 fully saturated rings. The molecule has 0 amide bonds. The number of halogens is 2. The lowest BCUT2D eigenvalue weighted by molar-refractivity contribution is 0.284. The summed E-state index contributed by atoms with van der Waals surface area (Å²) < 4.78 is 0. The zero-order valence-electron chi connectivity index (χ0n) is 7.26. The molecule has 0 bridgehead atoms. The lowest BCUT2D eigenvalue weighted by atomic mass is 10.1. The molecule has 3 heteroatoms. The van der Waals surface area contributed by atoms with E-state index < -0.39 is 0 Å². The highest BCUT2D eigenvalue weighted by molar-refractivity contribution is 6.34. The standard InChI is InChI=1S/C10H12Cl2O/c11-9-5-8(3-1-2-4-13)6-10(12)7-9/h5-7,13H,1-4H2. The van der Waals surface area contributed by atoms with E-state index in [0.717, 1.165) is 24.8 Å². The average molecular weight is 219 g/mol. The fraction of sp³-hybridized carbons (Fsp3) is 0.400. The number of aryl methyl sites for hydroxylation is 1. The maximum Gasteiger partial charge on any atom is 0.0431 e. The van der Waals surface area contributed by atoms with Gasteiger partial charge in [-0.15, -0.1) is 0 Å². The van der Waals surface area contributed by atoms with Gasteiger partial charge in [0.15, 0.2) is 0 Å². The summed E-state index contributed by atoms with van der Waals surface area (Å²) in [7, 11) is 0. The van der Waals surface area contributed by atoms with Crippen LogP contribution in [0.3, 0.4) is 0 Å². The van der Waals surface area contributed by atoms with E-state index in [4.69, 9.17) is 28.3 Å². The monoisotopic (exact) mass is 218 g/mol. The Kier molecular flexibility index (Phi) is 4.57. The van der Waals surface area contributed by atoms with Crippen molar-refractivity contribution in [1.29, 1.82) is 0 Å². The SMILES string of the molecule is OCCCCc1cc(Cl)cc(Cl)c1. The predicted octanol–water partition coefficient (Wildman–Crippen LogP) is 3.31. The minimum atomic E-state index is 0.244. The minimum Gasteiger partial charge on any atom is -0.396 e. The maximum atomic E-state index is 8.60. The highest BCUT2D eigenvalue weighted by atomic mass is 35.5. The van der Waals surface area contributed by atoms with E-state index in [0.29, 0.717) is 10.0 Å². The molecule has 1 aromatic carbocycles. The number of hydrogen-bond donors (Lipinski definition) is 1. The Balaban J connectivity index is 2.56. The van der Waals surface area contributed by atoms with Crippen molar-refractivity contribution in [2.75, 3.05) is 6.61 Å². The van der Waals surface area contributed by atoms with Crippen molar-refractivity contribution < 1.29 is 5.11 Å². The topological polar surface area (TPSA) is 20.2 Å². The summed E-state index contributed by atoms with van der Waals surface area (Å²) in [4.78, 5) is 0. The molecule has 0 atom stereocenters. The summed E-state index contributed by atoms with van der Waals surface area (Å²) in [5.41, 5.74) is 1.13. The third kappa shape index (κ3) is 3.99. The van der Waals surface area contributed by atoms with Crippen LogP contribution in [-0.2, 0) is 6.42 Å². The van der Waals surface area contributed by atoms with Crippen molar-refractivity contribution in [3.63, 3.8) is 0 Å². The van der Waals surface area contributed by atoms with E-state index >= 15 is 0 Å². The normalized spacial score (nSPS) is 10.4. The van der Waals surface area contributed by atoms with Crippen molar-refractivity contribution in [2.24, 2.45) is 0 Å². The van der Waals surface area contributed by atoms with E-state index in [1.807, 2.05) is 12.1 Å². The Morgan fingerprint density at radius 1 is 1.00 bits per heavy atom. The average Bonchev–Trinajstić information content (AvgIpc) is 2.03. The van der Waals surface area contributed by atoms with Crippen LogP contribution in [0.4, 0.5) is 0 Å². The second-order valence-corrected chi connectivity index (χ2v) is 3.83. The smallest absolute Gasteiger partial charge is 0.0431 e. The van der Waals surface area contributed by atoms with Gasteiger partial charge in [0.2, 0.25) is 0 Å². The first-order valence-electron chi connectivity index (χ1n) is 4.28. The van der Waals surface area contributed by atoms with Crippen molar-refractivity contribution in [3.8, 4) is 0 Å². The molecule has 0 saturated carbocycles. The number of aliphatic hydroxyl groups excluding tert-OH is 1. The highest BCUT2D eigenvalue weighted by Gasteiger charge is 1.97. The largest absolute Gasteiger partial charge is 0.396 e. The number of unbranched alkanes of at least 4 members (excludes halogenated alkanes) is 1. The Labute approximate surface area is 88.3 Å². The molecule has 1 nitrogen and oxygen atoms in total. The molecule has 1 aromatic rings. The van der Waals surface area contributed by atoms with Crippen LogP contribution < -0.4 is 0 Å². The van der Waals surface area contributed by atoms with Gasteiger partial charge in [-0.25, -0.2) is 0 Å². The number of rotatable bonds is 4. The van der Waals surface area contributed by atoms with Crippen LogP contribution in [0.15, 0.2) is 18.2 Å². The van der Waals surface area contributed by atoms with Gasteiger partial charge in [-0.3, -0.25) is 0 Å². The van der Waals surface area contributed by atoms with E-state index in [1.54, 1.807) is 6.07 Å². The first kappa shape index (κ1) is 10.8. The molecule has 0 aliphatic carbocycles. The molecular formula is C10H12Cl2O. The van der Waals surface area contributed by atoms with Gasteiger partial charge in [-0.1, -0.05) is 23.2 Å². The second-order valence-electron chi connectivity index (χ2n) is 2.96. The molecule has 13 heavy (non-hydrogen) atoms. The zero-order valence-corrected chi connectivity index (χ0v) is 8.78. The van der Waals surface area contributed by atoms with Gasteiger partial charge in [0.25, 0.3) is 0 Å². The molecular weight excluding hydrogens is 207 g/mol. The van der Waals surface area contributed by atoms with E-state index in [2.05, 4.69) is 0 Å². The third-order valence-electron chi connectivity index (χ3n) is 1.80. The number of aliphatic hydroxyl groups is 1. The number of benzene rings is 1. The van der Waals surface area contributed by atoms with Crippen molar-refractivity contribution in [3.05, 3.63) is 33.8 Å². The van der Waals surface area contributed by atoms with Gasteiger partial charge in [-0.05, 0) is 43.0 Å². The first-order valence-corrected chi connectivity index (χ1v) is 5.04. The van der Waals surface area contributed by atoms with Crippen molar-refractivity contribution in [1.82, 2.24) is 0 Å². The lowest BCUT2D eigenvalue weighted by Gasteiger charge is -2.01. The summed E-state index contributed by atoms with van der Waals surface area (Å²) in [5, 5.41) is 9.95. The van der Waals surface area contributed by atoms with Crippen molar-refractivity contribution in [2.45, 2.75) is 19.3 Å². The van der Waals surface area contributed by atoms with Crippen LogP contribution in [0.5, 0.6) is 0 Å². The second kappa shape index (κ2) is 5.48. The zero-order chi connectivity index (χ0) is 9.68. The molecule has 0 spiro atoms.